The van der Waals surface area contributed by atoms with Gasteiger partial charge in [0.15, 0.2) is 6.10 Å². The molecule has 0 aliphatic carbocycles. The van der Waals surface area contributed by atoms with E-state index in [2.05, 4.69) is 13.8 Å². The van der Waals surface area contributed by atoms with Crippen LogP contribution in [0.4, 0.5) is 0 Å². The molecule has 4 heteroatoms. The molecular weight excluding hydrogens is 196 g/mol. The van der Waals surface area contributed by atoms with Crippen LogP contribution < -0.4 is 0 Å². The van der Waals surface area contributed by atoms with Gasteiger partial charge in [-0.1, -0.05) is 13.8 Å². The summed E-state index contributed by atoms with van der Waals surface area (Å²) in [5.41, 5.74) is 0. The van der Waals surface area contributed by atoms with Gasteiger partial charge in [0, 0.05) is 6.61 Å². The van der Waals surface area contributed by atoms with Crippen LogP contribution in [0.5, 0.6) is 0 Å². The molecule has 1 fully saturated rings. The quantitative estimate of drug-likeness (QED) is 0.686. The predicted molar refractivity (Wildman–Crippen MR) is 55.8 cm³/mol. The minimum atomic E-state index is -0.861. The molecule has 1 heterocycles. The van der Waals surface area contributed by atoms with E-state index in [1.165, 1.54) is 0 Å². The van der Waals surface area contributed by atoms with Gasteiger partial charge in [0.2, 0.25) is 0 Å². The Bertz CT molecular complexity index is 203. The van der Waals surface area contributed by atoms with Crippen LogP contribution in [0.1, 0.15) is 33.1 Å². The molecule has 0 aromatic heterocycles. The summed E-state index contributed by atoms with van der Waals surface area (Å²) in [6, 6.07) is 0. The van der Waals surface area contributed by atoms with Gasteiger partial charge in [0.05, 0.1) is 12.7 Å². The molecule has 1 aliphatic rings. The molecule has 0 aromatic carbocycles. The van der Waals surface area contributed by atoms with Gasteiger partial charge in [-0.05, 0) is 25.2 Å². The zero-order chi connectivity index (χ0) is 11.3. The number of ether oxygens (including phenoxy) is 2. The van der Waals surface area contributed by atoms with Gasteiger partial charge >= 0.3 is 5.97 Å². The highest BCUT2D eigenvalue weighted by atomic mass is 16.6. The Balaban J connectivity index is 2.06. The van der Waals surface area contributed by atoms with Gasteiger partial charge in [-0.3, -0.25) is 0 Å². The van der Waals surface area contributed by atoms with Crippen LogP contribution in [0.15, 0.2) is 0 Å². The van der Waals surface area contributed by atoms with Gasteiger partial charge < -0.3 is 14.6 Å². The van der Waals surface area contributed by atoms with Gasteiger partial charge in [-0.2, -0.15) is 0 Å². The predicted octanol–water partition coefficient (Wildman–Crippen LogP) is 1.68. The molecule has 4 nitrogen and oxygen atoms in total. The van der Waals surface area contributed by atoms with Gasteiger partial charge in [-0.25, -0.2) is 4.79 Å². The number of carboxylic acids is 1. The first-order valence-electron chi connectivity index (χ1n) is 5.55. The first-order valence-corrected chi connectivity index (χ1v) is 5.55. The van der Waals surface area contributed by atoms with Crippen LogP contribution in [0.3, 0.4) is 0 Å². The highest BCUT2D eigenvalue weighted by Gasteiger charge is 2.30. The lowest BCUT2D eigenvalue weighted by Crippen LogP contribution is -2.23. The lowest BCUT2D eigenvalue weighted by molar-refractivity contribution is -0.150. The van der Waals surface area contributed by atoms with E-state index in [0.29, 0.717) is 18.9 Å². The van der Waals surface area contributed by atoms with E-state index >= 15 is 0 Å². The summed E-state index contributed by atoms with van der Waals surface area (Å²) < 4.78 is 10.7. The van der Waals surface area contributed by atoms with Crippen molar-refractivity contribution in [3.8, 4) is 0 Å². The third-order valence-electron chi connectivity index (χ3n) is 2.53. The summed E-state index contributed by atoms with van der Waals surface area (Å²) in [6.45, 7) is 5.55. The molecule has 1 aliphatic heterocycles. The summed E-state index contributed by atoms with van der Waals surface area (Å²) in [7, 11) is 0. The molecule has 1 N–H and O–H groups in total. The van der Waals surface area contributed by atoms with Crippen LogP contribution in [-0.2, 0) is 14.3 Å². The fourth-order valence-corrected chi connectivity index (χ4v) is 1.54. The Kier molecular flexibility index (Phi) is 5.05. The molecule has 88 valence electrons. The van der Waals surface area contributed by atoms with E-state index in [9.17, 15) is 4.79 Å². The van der Waals surface area contributed by atoms with E-state index < -0.39 is 12.1 Å². The van der Waals surface area contributed by atoms with Crippen molar-refractivity contribution in [2.75, 3.05) is 13.2 Å². The van der Waals surface area contributed by atoms with Crippen molar-refractivity contribution in [3.05, 3.63) is 0 Å². The molecular formula is C11H20O4. The van der Waals surface area contributed by atoms with E-state index in [1.54, 1.807) is 0 Å². The average molecular weight is 216 g/mol. The third-order valence-corrected chi connectivity index (χ3v) is 2.53. The second-order valence-electron chi connectivity index (χ2n) is 4.42. The number of carboxylic acid groups (broad SMARTS) is 1. The molecule has 0 radical (unpaired) electrons. The molecule has 0 bridgehead atoms. The maximum Gasteiger partial charge on any atom is 0.332 e. The molecule has 0 aromatic rings. The van der Waals surface area contributed by atoms with Crippen molar-refractivity contribution < 1.29 is 19.4 Å². The molecule has 1 saturated heterocycles. The number of hydrogen-bond acceptors (Lipinski definition) is 3. The van der Waals surface area contributed by atoms with Crippen molar-refractivity contribution in [3.63, 3.8) is 0 Å². The molecule has 0 amide bonds. The summed E-state index contributed by atoms with van der Waals surface area (Å²) in [4.78, 5) is 10.6. The molecule has 0 saturated carbocycles. The molecule has 2 atom stereocenters. The standard InChI is InChI=1S/C11H20O4/c1-8(2)5-6-14-7-9-3-4-10(15-9)11(12)13/h8-10H,3-7H2,1-2H3,(H,12,13). The molecule has 2 unspecified atom stereocenters. The Morgan fingerprint density at radius 3 is 2.80 bits per heavy atom. The first kappa shape index (κ1) is 12.5. The van der Waals surface area contributed by atoms with Crippen LogP contribution in [-0.4, -0.2) is 36.5 Å². The summed E-state index contributed by atoms with van der Waals surface area (Å²) in [5, 5.41) is 8.71. The Labute approximate surface area is 90.6 Å². The lowest BCUT2D eigenvalue weighted by Gasteiger charge is -2.12. The minimum Gasteiger partial charge on any atom is -0.479 e. The third kappa shape index (κ3) is 4.62. The molecule has 1 rings (SSSR count). The van der Waals surface area contributed by atoms with Crippen molar-refractivity contribution in [1.29, 1.82) is 0 Å². The van der Waals surface area contributed by atoms with Crippen LogP contribution in [0, 0.1) is 5.92 Å². The normalized spacial score (nSPS) is 26.1. The number of carbonyl (C=O) groups is 1. The minimum absolute atomic E-state index is 0.0294. The van der Waals surface area contributed by atoms with E-state index in [-0.39, 0.29) is 6.10 Å². The van der Waals surface area contributed by atoms with Gasteiger partial charge in [0.1, 0.15) is 0 Å². The molecule has 0 spiro atoms. The van der Waals surface area contributed by atoms with Crippen molar-refractivity contribution in [2.45, 2.75) is 45.3 Å². The highest BCUT2D eigenvalue weighted by Crippen LogP contribution is 2.20. The zero-order valence-electron chi connectivity index (χ0n) is 9.44. The average Bonchev–Trinajstić information content (AvgIpc) is 2.60. The summed E-state index contributed by atoms with van der Waals surface area (Å²) in [5.74, 6) is -0.221. The number of hydrogen-bond donors (Lipinski definition) is 1. The maximum absolute atomic E-state index is 10.6. The lowest BCUT2D eigenvalue weighted by atomic mass is 10.1. The summed E-state index contributed by atoms with van der Waals surface area (Å²) >= 11 is 0. The van der Waals surface area contributed by atoms with Crippen LogP contribution in [0.2, 0.25) is 0 Å². The topological polar surface area (TPSA) is 55.8 Å². The smallest absolute Gasteiger partial charge is 0.332 e. The number of rotatable bonds is 6. The Hall–Kier alpha value is -0.610. The van der Waals surface area contributed by atoms with E-state index in [4.69, 9.17) is 14.6 Å². The van der Waals surface area contributed by atoms with Crippen LogP contribution >= 0.6 is 0 Å². The monoisotopic (exact) mass is 216 g/mol. The zero-order valence-corrected chi connectivity index (χ0v) is 9.44. The SMILES string of the molecule is CC(C)CCOCC1CCC(C(=O)O)O1. The van der Waals surface area contributed by atoms with E-state index in [0.717, 1.165) is 19.4 Å². The summed E-state index contributed by atoms with van der Waals surface area (Å²) in [6.07, 6.45) is 1.78. The number of aliphatic carboxylic acids is 1. The van der Waals surface area contributed by atoms with Crippen molar-refractivity contribution in [1.82, 2.24) is 0 Å². The molecule has 15 heavy (non-hydrogen) atoms. The fourth-order valence-electron chi connectivity index (χ4n) is 1.54. The van der Waals surface area contributed by atoms with Crippen molar-refractivity contribution in [2.24, 2.45) is 5.92 Å². The maximum atomic E-state index is 10.6. The Morgan fingerprint density at radius 1 is 1.53 bits per heavy atom. The Morgan fingerprint density at radius 2 is 2.27 bits per heavy atom. The van der Waals surface area contributed by atoms with E-state index in [1.807, 2.05) is 0 Å². The largest absolute Gasteiger partial charge is 0.479 e. The second-order valence-corrected chi connectivity index (χ2v) is 4.42. The van der Waals surface area contributed by atoms with Crippen molar-refractivity contribution >= 4 is 5.97 Å². The van der Waals surface area contributed by atoms with Gasteiger partial charge in [0.25, 0.3) is 0 Å². The first-order chi connectivity index (χ1) is 7.09. The van der Waals surface area contributed by atoms with Gasteiger partial charge in [-0.15, -0.1) is 0 Å². The highest BCUT2D eigenvalue weighted by molar-refractivity contribution is 5.72. The van der Waals surface area contributed by atoms with Crippen LogP contribution in [0.25, 0.3) is 0 Å². The fraction of sp³-hybridized carbons (Fsp3) is 0.909. The second kappa shape index (κ2) is 6.08.